The molecule has 0 atom stereocenters. The molecule has 0 aliphatic heterocycles. The van der Waals surface area contributed by atoms with E-state index in [-0.39, 0.29) is 12.7 Å². The van der Waals surface area contributed by atoms with Gasteiger partial charge in [-0.1, -0.05) is 42.5 Å². The van der Waals surface area contributed by atoms with Crippen molar-refractivity contribution in [2.75, 3.05) is 0 Å². The zero-order valence-electron chi connectivity index (χ0n) is 9.60. The predicted molar refractivity (Wildman–Crippen MR) is 66.6 cm³/mol. The van der Waals surface area contributed by atoms with Crippen LogP contribution in [0.3, 0.4) is 0 Å². The van der Waals surface area contributed by atoms with Crippen LogP contribution in [0.5, 0.6) is 0 Å². The summed E-state index contributed by atoms with van der Waals surface area (Å²) < 4.78 is 13.9. The lowest BCUT2D eigenvalue weighted by molar-refractivity contribution is -0.129. The van der Waals surface area contributed by atoms with Crippen LogP contribution in [0.4, 0.5) is 4.39 Å². The minimum atomic E-state index is -0.554. The van der Waals surface area contributed by atoms with E-state index in [4.69, 9.17) is 0 Å². The fourth-order valence-corrected chi connectivity index (χ4v) is 1.76. The van der Waals surface area contributed by atoms with Crippen LogP contribution in [0.15, 0.2) is 48.5 Å². The number of hydrogen-bond acceptors (Lipinski definition) is 2. The smallest absolute Gasteiger partial charge is 0.199 e. The summed E-state index contributed by atoms with van der Waals surface area (Å²) >= 11 is 0. The van der Waals surface area contributed by atoms with Crippen molar-refractivity contribution in [2.45, 2.75) is 6.42 Å². The van der Waals surface area contributed by atoms with E-state index >= 15 is 0 Å². The molecule has 0 heterocycles. The largest absolute Gasteiger partial charge is 0.295 e. The Labute approximate surface area is 104 Å². The lowest BCUT2D eigenvalue weighted by Gasteiger charge is -2.05. The van der Waals surface area contributed by atoms with Gasteiger partial charge in [0.2, 0.25) is 0 Å². The number of Topliss-reactive ketones (excluding diaryl/α,β-unsaturated/α-hetero) is 1. The van der Waals surface area contributed by atoms with Crippen molar-refractivity contribution in [3.05, 3.63) is 59.9 Å². The molecule has 0 N–H and O–H groups in total. The SMILES string of the molecule is O=CC(=O)Cc1ccc(-c2ccccc2)c(F)c1. The number of aldehydes is 1. The van der Waals surface area contributed by atoms with E-state index in [0.29, 0.717) is 11.1 Å². The fraction of sp³-hybridized carbons (Fsp3) is 0.0667. The van der Waals surface area contributed by atoms with E-state index in [2.05, 4.69) is 0 Å². The van der Waals surface area contributed by atoms with Crippen LogP contribution in [0.25, 0.3) is 11.1 Å². The molecule has 2 rings (SSSR count). The molecule has 0 amide bonds. The number of benzene rings is 2. The second-order valence-electron chi connectivity index (χ2n) is 3.94. The molecule has 0 aromatic heterocycles. The minimum absolute atomic E-state index is 0.0600. The topological polar surface area (TPSA) is 34.1 Å². The van der Waals surface area contributed by atoms with Crippen LogP contribution in [-0.2, 0) is 16.0 Å². The predicted octanol–water partition coefficient (Wildman–Crippen LogP) is 2.80. The van der Waals surface area contributed by atoms with Crippen LogP contribution in [0.2, 0.25) is 0 Å². The van der Waals surface area contributed by atoms with E-state index in [0.717, 1.165) is 5.56 Å². The lowest BCUT2D eigenvalue weighted by Crippen LogP contribution is -2.03. The second-order valence-corrected chi connectivity index (χ2v) is 3.94. The average molecular weight is 242 g/mol. The molecule has 0 fully saturated rings. The normalized spacial score (nSPS) is 10.1. The quantitative estimate of drug-likeness (QED) is 0.610. The highest BCUT2D eigenvalue weighted by atomic mass is 19.1. The van der Waals surface area contributed by atoms with Crippen molar-refractivity contribution in [1.82, 2.24) is 0 Å². The highest BCUT2D eigenvalue weighted by Gasteiger charge is 2.08. The third-order valence-electron chi connectivity index (χ3n) is 2.63. The molecule has 3 heteroatoms. The Bertz CT molecular complexity index is 576. The van der Waals surface area contributed by atoms with Crippen LogP contribution in [0, 0.1) is 5.82 Å². The Morgan fingerprint density at radius 1 is 1.11 bits per heavy atom. The zero-order valence-corrected chi connectivity index (χ0v) is 9.60. The Hall–Kier alpha value is -2.29. The molecule has 0 radical (unpaired) electrons. The monoisotopic (exact) mass is 242 g/mol. The van der Waals surface area contributed by atoms with Gasteiger partial charge in [0.25, 0.3) is 0 Å². The van der Waals surface area contributed by atoms with Gasteiger partial charge >= 0.3 is 0 Å². The van der Waals surface area contributed by atoms with Gasteiger partial charge in [0.15, 0.2) is 12.1 Å². The molecule has 0 unspecified atom stereocenters. The van der Waals surface area contributed by atoms with Crippen molar-refractivity contribution < 1.29 is 14.0 Å². The van der Waals surface area contributed by atoms with Crippen LogP contribution < -0.4 is 0 Å². The summed E-state index contributed by atoms with van der Waals surface area (Å²) in [7, 11) is 0. The molecular formula is C15H11FO2. The molecule has 0 aliphatic carbocycles. The molecular weight excluding hydrogens is 231 g/mol. The average Bonchev–Trinajstić information content (AvgIpc) is 2.40. The Morgan fingerprint density at radius 3 is 2.44 bits per heavy atom. The van der Waals surface area contributed by atoms with E-state index in [9.17, 15) is 14.0 Å². The molecule has 0 saturated heterocycles. The molecule has 2 aromatic carbocycles. The van der Waals surface area contributed by atoms with E-state index in [1.807, 2.05) is 30.3 Å². The number of carbonyl (C=O) groups is 2. The maximum atomic E-state index is 13.9. The molecule has 2 nitrogen and oxygen atoms in total. The number of hydrogen-bond donors (Lipinski definition) is 0. The first kappa shape index (κ1) is 12.2. The molecule has 18 heavy (non-hydrogen) atoms. The maximum Gasteiger partial charge on any atom is 0.199 e. The standard InChI is InChI=1S/C15H11FO2/c16-15-9-11(8-13(18)10-17)6-7-14(15)12-4-2-1-3-5-12/h1-7,9-10H,8H2. The summed E-state index contributed by atoms with van der Waals surface area (Å²) in [6, 6.07) is 13.7. The summed E-state index contributed by atoms with van der Waals surface area (Å²) in [5.74, 6) is -0.945. The number of carbonyl (C=O) groups excluding carboxylic acids is 2. The number of ketones is 1. The Kier molecular flexibility index (Phi) is 3.63. The zero-order chi connectivity index (χ0) is 13.0. The molecule has 0 saturated carbocycles. The number of halogens is 1. The van der Waals surface area contributed by atoms with Gasteiger partial charge in [-0.15, -0.1) is 0 Å². The van der Waals surface area contributed by atoms with E-state index < -0.39 is 11.6 Å². The van der Waals surface area contributed by atoms with Crippen molar-refractivity contribution in [3.63, 3.8) is 0 Å². The minimum Gasteiger partial charge on any atom is -0.295 e. The van der Waals surface area contributed by atoms with Gasteiger partial charge < -0.3 is 0 Å². The molecule has 0 aliphatic rings. The van der Waals surface area contributed by atoms with Gasteiger partial charge in [-0.05, 0) is 17.2 Å². The van der Waals surface area contributed by atoms with Crippen molar-refractivity contribution in [1.29, 1.82) is 0 Å². The van der Waals surface area contributed by atoms with Crippen LogP contribution in [0.1, 0.15) is 5.56 Å². The van der Waals surface area contributed by atoms with Gasteiger partial charge in [0.05, 0.1) is 0 Å². The highest BCUT2D eigenvalue weighted by molar-refractivity contribution is 6.25. The van der Waals surface area contributed by atoms with Gasteiger partial charge in [-0.25, -0.2) is 4.39 Å². The molecule has 2 aromatic rings. The van der Waals surface area contributed by atoms with Crippen LogP contribution in [-0.4, -0.2) is 12.1 Å². The third-order valence-corrected chi connectivity index (χ3v) is 2.63. The molecule has 90 valence electrons. The first-order valence-corrected chi connectivity index (χ1v) is 5.52. The number of rotatable bonds is 4. The van der Waals surface area contributed by atoms with Crippen LogP contribution >= 0.6 is 0 Å². The first-order chi connectivity index (χ1) is 8.70. The third kappa shape index (κ3) is 2.69. The van der Waals surface area contributed by atoms with E-state index in [1.165, 1.54) is 6.07 Å². The summed E-state index contributed by atoms with van der Waals surface area (Å²) in [5.41, 5.74) is 1.77. The Morgan fingerprint density at radius 2 is 1.83 bits per heavy atom. The second kappa shape index (κ2) is 5.36. The highest BCUT2D eigenvalue weighted by Crippen LogP contribution is 2.23. The summed E-state index contributed by atoms with van der Waals surface area (Å²) in [5, 5.41) is 0. The van der Waals surface area contributed by atoms with E-state index in [1.54, 1.807) is 12.1 Å². The van der Waals surface area contributed by atoms with Gasteiger partial charge in [0, 0.05) is 12.0 Å². The molecule has 0 bridgehead atoms. The van der Waals surface area contributed by atoms with Gasteiger partial charge in [-0.3, -0.25) is 9.59 Å². The van der Waals surface area contributed by atoms with Crippen molar-refractivity contribution in [2.24, 2.45) is 0 Å². The van der Waals surface area contributed by atoms with Gasteiger partial charge in [-0.2, -0.15) is 0 Å². The Balaban J connectivity index is 2.31. The first-order valence-electron chi connectivity index (χ1n) is 5.52. The molecule has 0 spiro atoms. The summed E-state index contributed by atoms with van der Waals surface area (Å²) in [6.07, 6.45) is 0.193. The lowest BCUT2D eigenvalue weighted by atomic mass is 10.0. The van der Waals surface area contributed by atoms with Crippen molar-refractivity contribution >= 4 is 12.1 Å². The summed E-state index contributed by atoms with van der Waals surface area (Å²) in [4.78, 5) is 21.2. The van der Waals surface area contributed by atoms with Crippen molar-refractivity contribution in [3.8, 4) is 11.1 Å². The fourth-order valence-electron chi connectivity index (χ4n) is 1.76. The summed E-state index contributed by atoms with van der Waals surface area (Å²) in [6.45, 7) is 0. The maximum absolute atomic E-state index is 13.9. The van der Waals surface area contributed by atoms with Gasteiger partial charge in [0.1, 0.15) is 5.82 Å².